The Morgan fingerprint density at radius 2 is 1.88 bits per heavy atom. The van der Waals surface area contributed by atoms with Crippen molar-refractivity contribution in [2.24, 2.45) is 11.8 Å². The third-order valence-corrected chi connectivity index (χ3v) is 4.25. The average Bonchev–Trinajstić information content (AvgIpc) is 2.13. The monoisotopic (exact) mass is 250 g/mol. The van der Waals surface area contributed by atoms with Gasteiger partial charge in [0.1, 0.15) is 0 Å². The van der Waals surface area contributed by atoms with Gasteiger partial charge in [0, 0.05) is 19.6 Å². The summed E-state index contributed by atoms with van der Waals surface area (Å²) < 4.78 is 27.7. The van der Waals surface area contributed by atoms with E-state index in [0.717, 1.165) is 6.42 Å². The SMILES string of the molecule is C[C@@H]1C[C@H](C)CN(S(=O)(=O)NC[C@H](C)O)C1. The molecule has 0 saturated carbocycles. The smallest absolute Gasteiger partial charge is 0.279 e. The lowest BCUT2D eigenvalue weighted by atomic mass is 9.94. The van der Waals surface area contributed by atoms with Gasteiger partial charge >= 0.3 is 0 Å². The lowest BCUT2D eigenvalue weighted by Gasteiger charge is -2.34. The summed E-state index contributed by atoms with van der Waals surface area (Å²) in [5.74, 6) is 0.791. The highest BCUT2D eigenvalue weighted by molar-refractivity contribution is 7.87. The zero-order valence-corrected chi connectivity index (χ0v) is 11.0. The van der Waals surface area contributed by atoms with Gasteiger partial charge in [-0.15, -0.1) is 0 Å². The molecule has 6 heteroatoms. The van der Waals surface area contributed by atoms with Crippen molar-refractivity contribution in [2.45, 2.75) is 33.3 Å². The fraction of sp³-hybridized carbons (Fsp3) is 1.00. The van der Waals surface area contributed by atoms with Gasteiger partial charge in [0.25, 0.3) is 10.2 Å². The lowest BCUT2D eigenvalue weighted by Crippen LogP contribution is -2.49. The molecule has 5 nitrogen and oxygen atoms in total. The highest BCUT2D eigenvalue weighted by atomic mass is 32.2. The Morgan fingerprint density at radius 3 is 2.31 bits per heavy atom. The van der Waals surface area contributed by atoms with E-state index in [0.29, 0.717) is 24.9 Å². The number of aliphatic hydroxyl groups is 1. The molecule has 0 aromatic carbocycles. The molecule has 1 saturated heterocycles. The maximum Gasteiger partial charge on any atom is 0.279 e. The number of aliphatic hydroxyl groups excluding tert-OH is 1. The van der Waals surface area contributed by atoms with Gasteiger partial charge < -0.3 is 5.11 Å². The van der Waals surface area contributed by atoms with Crippen LogP contribution in [-0.4, -0.2) is 43.6 Å². The third kappa shape index (κ3) is 4.01. The van der Waals surface area contributed by atoms with Gasteiger partial charge in [-0.05, 0) is 25.2 Å². The number of hydrogen-bond acceptors (Lipinski definition) is 3. The molecule has 1 aliphatic heterocycles. The summed E-state index contributed by atoms with van der Waals surface area (Å²) in [5, 5.41) is 9.07. The van der Waals surface area contributed by atoms with Crippen LogP contribution in [0.15, 0.2) is 0 Å². The van der Waals surface area contributed by atoms with Crippen molar-refractivity contribution in [3.8, 4) is 0 Å². The Balaban J connectivity index is 2.60. The van der Waals surface area contributed by atoms with Gasteiger partial charge in [0.15, 0.2) is 0 Å². The average molecular weight is 250 g/mol. The molecule has 0 radical (unpaired) electrons. The van der Waals surface area contributed by atoms with Crippen LogP contribution in [0.5, 0.6) is 0 Å². The maximum absolute atomic E-state index is 11.9. The number of piperidine rings is 1. The van der Waals surface area contributed by atoms with E-state index in [2.05, 4.69) is 18.6 Å². The molecular weight excluding hydrogens is 228 g/mol. The third-order valence-electron chi connectivity index (χ3n) is 2.74. The molecule has 0 bridgehead atoms. The predicted octanol–water partition coefficient (Wildman–Crippen LogP) is 0.179. The zero-order valence-electron chi connectivity index (χ0n) is 10.2. The Kier molecular flexibility index (Phi) is 4.73. The molecular formula is C10H22N2O3S. The van der Waals surface area contributed by atoms with Crippen LogP contribution in [0.1, 0.15) is 27.2 Å². The summed E-state index contributed by atoms with van der Waals surface area (Å²) in [5.41, 5.74) is 0. The van der Waals surface area contributed by atoms with Crippen LogP contribution in [0.4, 0.5) is 0 Å². The molecule has 0 aromatic heterocycles. The first kappa shape index (κ1) is 13.9. The van der Waals surface area contributed by atoms with Crippen LogP contribution in [0.3, 0.4) is 0 Å². The van der Waals surface area contributed by atoms with Crippen molar-refractivity contribution in [3.63, 3.8) is 0 Å². The molecule has 2 N–H and O–H groups in total. The van der Waals surface area contributed by atoms with Crippen LogP contribution in [0.25, 0.3) is 0 Å². The van der Waals surface area contributed by atoms with E-state index in [1.54, 1.807) is 6.92 Å². The van der Waals surface area contributed by atoms with Gasteiger partial charge in [-0.1, -0.05) is 13.8 Å². The van der Waals surface area contributed by atoms with E-state index >= 15 is 0 Å². The molecule has 0 amide bonds. The quantitative estimate of drug-likeness (QED) is 0.748. The molecule has 0 unspecified atom stereocenters. The first-order chi connectivity index (χ1) is 7.31. The number of nitrogens with one attached hydrogen (secondary N) is 1. The van der Waals surface area contributed by atoms with Crippen molar-refractivity contribution in [3.05, 3.63) is 0 Å². The van der Waals surface area contributed by atoms with Gasteiger partial charge in [-0.3, -0.25) is 0 Å². The van der Waals surface area contributed by atoms with Crippen molar-refractivity contribution in [1.29, 1.82) is 0 Å². The Labute approximate surface area is 98.0 Å². The Bertz CT molecular complexity index is 306. The summed E-state index contributed by atoms with van der Waals surface area (Å²) in [6.07, 6.45) is 0.414. The highest BCUT2D eigenvalue weighted by Gasteiger charge is 2.30. The van der Waals surface area contributed by atoms with Crippen molar-refractivity contribution in [2.75, 3.05) is 19.6 Å². The standard InChI is InChI=1S/C10H22N2O3S/c1-8-4-9(2)7-12(6-8)16(14,15)11-5-10(3)13/h8-11,13H,4-7H2,1-3H3/t8-,9+,10-/m0/s1. The highest BCUT2D eigenvalue weighted by Crippen LogP contribution is 2.22. The van der Waals surface area contributed by atoms with Crippen molar-refractivity contribution in [1.82, 2.24) is 9.03 Å². The largest absolute Gasteiger partial charge is 0.392 e. The summed E-state index contributed by atoms with van der Waals surface area (Å²) in [6, 6.07) is 0. The molecule has 16 heavy (non-hydrogen) atoms. The minimum absolute atomic E-state index is 0.0710. The molecule has 1 aliphatic rings. The van der Waals surface area contributed by atoms with Crippen LogP contribution in [-0.2, 0) is 10.2 Å². The predicted molar refractivity (Wildman–Crippen MR) is 63.1 cm³/mol. The normalized spacial score (nSPS) is 30.2. The van der Waals surface area contributed by atoms with Crippen LogP contribution in [0, 0.1) is 11.8 Å². The lowest BCUT2D eigenvalue weighted by molar-refractivity contribution is 0.193. The van der Waals surface area contributed by atoms with Gasteiger partial charge in [0.2, 0.25) is 0 Å². The minimum atomic E-state index is -3.42. The second kappa shape index (κ2) is 5.44. The van der Waals surface area contributed by atoms with E-state index in [9.17, 15) is 8.42 Å². The van der Waals surface area contributed by atoms with E-state index in [4.69, 9.17) is 5.11 Å². The summed E-state index contributed by atoms with van der Waals surface area (Å²) in [6.45, 7) is 6.89. The first-order valence-electron chi connectivity index (χ1n) is 5.74. The van der Waals surface area contributed by atoms with E-state index in [-0.39, 0.29) is 6.54 Å². The van der Waals surface area contributed by atoms with Crippen LogP contribution < -0.4 is 4.72 Å². The van der Waals surface area contributed by atoms with Gasteiger partial charge in [-0.2, -0.15) is 17.4 Å². The first-order valence-corrected chi connectivity index (χ1v) is 7.18. The van der Waals surface area contributed by atoms with Crippen LogP contribution in [0.2, 0.25) is 0 Å². The number of rotatable bonds is 4. The minimum Gasteiger partial charge on any atom is -0.392 e. The van der Waals surface area contributed by atoms with E-state index in [1.807, 2.05) is 0 Å². The molecule has 1 heterocycles. The molecule has 0 aromatic rings. The maximum atomic E-state index is 11.9. The molecule has 0 aliphatic carbocycles. The summed E-state index contributed by atoms with van der Waals surface area (Å²) in [4.78, 5) is 0. The summed E-state index contributed by atoms with van der Waals surface area (Å²) in [7, 11) is -3.42. The molecule has 3 atom stereocenters. The van der Waals surface area contributed by atoms with Gasteiger partial charge in [-0.25, -0.2) is 0 Å². The van der Waals surface area contributed by atoms with Crippen LogP contribution >= 0.6 is 0 Å². The molecule has 1 rings (SSSR count). The topological polar surface area (TPSA) is 69.6 Å². The Morgan fingerprint density at radius 1 is 1.38 bits per heavy atom. The Hall–Kier alpha value is -0.170. The zero-order chi connectivity index (χ0) is 12.3. The number of hydrogen-bond donors (Lipinski definition) is 2. The van der Waals surface area contributed by atoms with Gasteiger partial charge in [0.05, 0.1) is 6.10 Å². The van der Waals surface area contributed by atoms with Crippen molar-refractivity contribution < 1.29 is 13.5 Å². The molecule has 1 fully saturated rings. The number of nitrogens with zero attached hydrogens (tertiary/aromatic N) is 1. The molecule has 0 spiro atoms. The fourth-order valence-corrected chi connectivity index (χ4v) is 3.66. The second-order valence-electron chi connectivity index (χ2n) is 4.97. The second-order valence-corrected chi connectivity index (χ2v) is 6.72. The fourth-order valence-electron chi connectivity index (χ4n) is 2.12. The van der Waals surface area contributed by atoms with E-state index < -0.39 is 16.3 Å². The van der Waals surface area contributed by atoms with Crippen molar-refractivity contribution >= 4 is 10.2 Å². The molecule has 96 valence electrons. The van der Waals surface area contributed by atoms with E-state index in [1.165, 1.54) is 4.31 Å². The summed E-state index contributed by atoms with van der Waals surface area (Å²) >= 11 is 0.